The van der Waals surface area contributed by atoms with Gasteiger partial charge in [-0.25, -0.2) is 13.2 Å². The van der Waals surface area contributed by atoms with Gasteiger partial charge in [0.15, 0.2) is 23.1 Å². The predicted octanol–water partition coefficient (Wildman–Crippen LogP) is 4.77. The zero-order valence-corrected chi connectivity index (χ0v) is 21.4. The summed E-state index contributed by atoms with van der Waals surface area (Å²) in [5.74, 6) is -3.43. The Bertz CT molecular complexity index is 1660. The number of pyridine rings is 1. The lowest BCUT2D eigenvalue weighted by Crippen LogP contribution is -2.62. The molecule has 0 fully saturated rings. The maximum atomic E-state index is 15.4. The van der Waals surface area contributed by atoms with E-state index in [-0.39, 0.29) is 48.0 Å². The average Bonchev–Trinajstić information content (AvgIpc) is 2.95. The molecule has 0 radical (unpaired) electrons. The van der Waals surface area contributed by atoms with Gasteiger partial charge in [-0.15, -0.1) is 0 Å². The van der Waals surface area contributed by atoms with E-state index in [1.165, 1.54) is 40.0 Å². The van der Waals surface area contributed by atoms with E-state index in [9.17, 15) is 18.4 Å². The number of carbonyl (C=O) groups excluding carboxylic acids is 1. The van der Waals surface area contributed by atoms with Gasteiger partial charge < -0.3 is 14.4 Å². The lowest BCUT2D eigenvalue weighted by molar-refractivity contribution is 0.0569. The second kappa shape index (κ2) is 10.1. The molecule has 3 aromatic carbocycles. The molecule has 2 aliphatic heterocycles. The van der Waals surface area contributed by atoms with Crippen molar-refractivity contribution in [3.8, 4) is 11.5 Å². The van der Waals surface area contributed by atoms with Crippen molar-refractivity contribution in [2.45, 2.75) is 25.2 Å². The molecule has 204 valence electrons. The van der Waals surface area contributed by atoms with Gasteiger partial charge in [0, 0.05) is 42.9 Å². The molecule has 2 atom stereocenters. The van der Waals surface area contributed by atoms with Crippen LogP contribution in [0.15, 0.2) is 83.8 Å². The molecule has 4 aromatic rings. The van der Waals surface area contributed by atoms with Crippen LogP contribution in [0.25, 0.3) is 0 Å². The van der Waals surface area contributed by atoms with E-state index in [1.54, 1.807) is 18.1 Å². The van der Waals surface area contributed by atoms with Gasteiger partial charge in [0.2, 0.25) is 5.43 Å². The summed E-state index contributed by atoms with van der Waals surface area (Å²) in [5.41, 5.74) is 0.526. The first-order valence-electron chi connectivity index (χ1n) is 12.7. The minimum absolute atomic E-state index is 0.0332. The van der Waals surface area contributed by atoms with Gasteiger partial charge >= 0.3 is 0 Å². The number of benzene rings is 3. The van der Waals surface area contributed by atoms with Crippen LogP contribution in [-0.2, 0) is 6.61 Å². The number of rotatable bonds is 4. The van der Waals surface area contributed by atoms with Gasteiger partial charge in [-0.05, 0) is 17.7 Å². The van der Waals surface area contributed by atoms with Crippen LogP contribution in [-0.4, -0.2) is 35.3 Å². The minimum atomic E-state index is -1.13. The Kier molecular flexibility index (Phi) is 6.45. The maximum absolute atomic E-state index is 15.4. The highest BCUT2D eigenvalue weighted by Gasteiger charge is 2.44. The van der Waals surface area contributed by atoms with Gasteiger partial charge in [0.1, 0.15) is 30.4 Å². The zero-order chi connectivity index (χ0) is 28.0. The van der Waals surface area contributed by atoms with Gasteiger partial charge in [-0.3, -0.25) is 19.3 Å². The number of ether oxygens (including phenoxy) is 2. The highest BCUT2D eigenvalue weighted by molar-refractivity contribution is 5.96. The molecular formula is C30H24F3N3O4. The Labute approximate surface area is 227 Å². The van der Waals surface area contributed by atoms with E-state index in [0.717, 1.165) is 17.7 Å². The Morgan fingerprint density at radius 2 is 1.62 bits per heavy atom. The molecule has 0 saturated heterocycles. The number of halogens is 3. The molecule has 10 heteroatoms. The van der Waals surface area contributed by atoms with Crippen LogP contribution in [0.2, 0.25) is 0 Å². The van der Waals surface area contributed by atoms with E-state index < -0.39 is 41.0 Å². The smallest absolute Gasteiger partial charge is 0.277 e. The fraction of sp³-hybridized carbons (Fsp3) is 0.200. The first-order valence-corrected chi connectivity index (χ1v) is 12.7. The summed E-state index contributed by atoms with van der Waals surface area (Å²) in [4.78, 5) is 28.2. The van der Waals surface area contributed by atoms with Gasteiger partial charge in [0.25, 0.3) is 5.91 Å². The van der Waals surface area contributed by atoms with Crippen molar-refractivity contribution in [2.75, 3.05) is 18.7 Å². The zero-order valence-electron chi connectivity index (χ0n) is 21.4. The molecule has 3 heterocycles. The Morgan fingerprint density at radius 1 is 0.900 bits per heavy atom. The number of hydrogen-bond acceptors (Lipinski definition) is 5. The Balaban J connectivity index is 1.59. The maximum Gasteiger partial charge on any atom is 0.277 e. The molecule has 0 unspecified atom stereocenters. The first kappa shape index (κ1) is 25.5. The molecule has 2 aliphatic rings. The molecule has 1 aromatic heterocycles. The van der Waals surface area contributed by atoms with Crippen LogP contribution in [0.3, 0.4) is 0 Å². The molecule has 40 heavy (non-hydrogen) atoms. The van der Waals surface area contributed by atoms with E-state index in [2.05, 4.69) is 0 Å². The molecule has 0 N–H and O–H groups in total. The van der Waals surface area contributed by atoms with Gasteiger partial charge in [0.05, 0.1) is 6.61 Å². The number of nitrogens with zero attached hydrogens (tertiary/aromatic N) is 3. The van der Waals surface area contributed by atoms with Crippen molar-refractivity contribution in [1.29, 1.82) is 0 Å². The van der Waals surface area contributed by atoms with E-state index in [4.69, 9.17) is 9.47 Å². The number of aromatic nitrogens is 1. The summed E-state index contributed by atoms with van der Waals surface area (Å²) < 4.78 is 57.7. The number of hydrogen-bond donors (Lipinski definition) is 0. The molecule has 0 bridgehead atoms. The van der Waals surface area contributed by atoms with Crippen molar-refractivity contribution in [3.05, 3.63) is 129 Å². The third kappa shape index (κ3) is 4.25. The predicted molar refractivity (Wildman–Crippen MR) is 140 cm³/mol. The number of carbonyl (C=O) groups is 1. The highest BCUT2D eigenvalue weighted by atomic mass is 19.2. The average molecular weight is 548 g/mol. The van der Waals surface area contributed by atoms with E-state index in [0.29, 0.717) is 0 Å². The second-order valence-electron chi connectivity index (χ2n) is 9.62. The van der Waals surface area contributed by atoms with Crippen molar-refractivity contribution in [1.82, 2.24) is 9.58 Å². The van der Waals surface area contributed by atoms with Crippen LogP contribution >= 0.6 is 0 Å². The lowest BCUT2D eigenvalue weighted by Gasteiger charge is -2.50. The second-order valence-corrected chi connectivity index (χ2v) is 9.62. The summed E-state index contributed by atoms with van der Waals surface area (Å²) in [5, 5.41) is 1.68. The summed E-state index contributed by atoms with van der Waals surface area (Å²) in [6.07, 6.45) is 0.966. The molecule has 1 amide bonds. The summed E-state index contributed by atoms with van der Waals surface area (Å²) in [6.45, 7) is 0.0964. The Morgan fingerprint density at radius 3 is 2.40 bits per heavy atom. The first-order chi connectivity index (χ1) is 19.3. The molecule has 0 spiro atoms. The van der Waals surface area contributed by atoms with E-state index in [1.807, 2.05) is 30.3 Å². The van der Waals surface area contributed by atoms with Gasteiger partial charge in [-0.2, -0.15) is 0 Å². The molecule has 6 rings (SSSR count). The van der Waals surface area contributed by atoms with Crippen molar-refractivity contribution < 1.29 is 27.4 Å². The number of amides is 1. The minimum Gasteiger partial charge on any atom is -0.493 e. The molecule has 0 saturated carbocycles. The summed E-state index contributed by atoms with van der Waals surface area (Å²) >= 11 is 0. The third-order valence-corrected chi connectivity index (χ3v) is 7.23. The van der Waals surface area contributed by atoms with Crippen LogP contribution in [0.5, 0.6) is 11.5 Å². The highest BCUT2D eigenvalue weighted by Crippen LogP contribution is 2.42. The van der Waals surface area contributed by atoms with Crippen molar-refractivity contribution >= 4 is 5.91 Å². The SMILES string of the molecule is CN1C(=O)c2c(OCc3ccccc3)c(=O)ccn2N2[C@@H](c3ccccc3F)c3cc(F)c(F)cc3OCC[C@H]12. The van der Waals surface area contributed by atoms with Crippen molar-refractivity contribution in [2.24, 2.45) is 0 Å². The number of fused-ring (bicyclic) bond motifs is 4. The topological polar surface area (TPSA) is 64.0 Å². The fourth-order valence-corrected chi connectivity index (χ4v) is 5.32. The summed E-state index contributed by atoms with van der Waals surface area (Å²) in [6, 6.07) is 17.2. The monoisotopic (exact) mass is 547 g/mol. The quantitative estimate of drug-likeness (QED) is 0.369. The lowest BCUT2D eigenvalue weighted by atomic mass is 9.94. The van der Waals surface area contributed by atoms with Gasteiger partial charge in [-0.1, -0.05) is 48.5 Å². The standard InChI is InChI=1S/C30H24F3N3O4/c1-34-26-12-14-39-25-16-23(33)22(32)15-20(25)27(19-9-5-6-10-21(19)31)36(26)35-13-11-24(37)29(28(35)30(34)38)40-17-18-7-3-2-4-8-18/h2-11,13,15-16,26-27H,12,14,17H2,1H3/t26-,27+/m1/s1. The van der Waals surface area contributed by atoms with Crippen molar-refractivity contribution in [3.63, 3.8) is 0 Å². The molecule has 7 nitrogen and oxygen atoms in total. The third-order valence-electron chi connectivity index (χ3n) is 7.23. The van der Waals surface area contributed by atoms with Crippen LogP contribution in [0, 0.1) is 17.5 Å². The largest absolute Gasteiger partial charge is 0.493 e. The van der Waals surface area contributed by atoms with E-state index >= 15 is 4.39 Å². The fourth-order valence-electron chi connectivity index (χ4n) is 5.32. The normalized spacial score (nSPS) is 18.1. The molecule has 0 aliphatic carbocycles. The molecular weight excluding hydrogens is 523 g/mol. The van der Waals surface area contributed by atoms with Crippen LogP contribution < -0.4 is 19.9 Å². The summed E-state index contributed by atoms with van der Waals surface area (Å²) in [7, 11) is 1.56. The Hall–Kier alpha value is -4.73. The van der Waals surface area contributed by atoms with Crippen LogP contribution in [0.4, 0.5) is 13.2 Å². The van der Waals surface area contributed by atoms with Crippen LogP contribution in [0.1, 0.15) is 39.6 Å².